The third kappa shape index (κ3) is 2.39. The first-order chi connectivity index (χ1) is 9.06. The molecule has 0 spiro atoms. The minimum atomic E-state index is -0.156. The average molecular weight is 345 g/mol. The van der Waals surface area contributed by atoms with E-state index in [4.69, 9.17) is 11.8 Å². The molecule has 1 saturated heterocycles. The molecule has 19 heavy (non-hydrogen) atoms. The number of nitrogens with zero attached hydrogens (tertiary/aromatic N) is 2. The monoisotopic (exact) mass is 343 g/mol. The molecule has 1 amide bonds. The van der Waals surface area contributed by atoms with Crippen LogP contribution >= 0.6 is 27.7 Å². The minimum absolute atomic E-state index is 0.0948. The highest BCUT2D eigenvalue weighted by Gasteiger charge is 2.44. The molecule has 1 unspecified atom stereocenters. The van der Waals surface area contributed by atoms with Gasteiger partial charge < -0.3 is 5.32 Å². The zero-order valence-corrected chi connectivity index (χ0v) is 12.9. The van der Waals surface area contributed by atoms with Gasteiger partial charge in [0.15, 0.2) is 5.82 Å². The molecule has 2 bridgehead atoms. The number of hydrogen-bond donors (Lipinski definition) is 1. The van der Waals surface area contributed by atoms with E-state index in [1.54, 1.807) is 0 Å². The number of aryl methyl sites for hydroxylation is 1. The SMILES string of the molecule is Cc1ccc(Br)nc1N(Cl)C(=O)[C@H]1NC2CC[C@H]1C2. The highest BCUT2D eigenvalue weighted by Crippen LogP contribution is 2.37. The summed E-state index contributed by atoms with van der Waals surface area (Å²) in [4.78, 5) is 16.8. The summed E-state index contributed by atoms with van der Waals surface area (Å²) in [6, 6.07) is 4.06. The molecule has 2 aliphatic rings. The van der Waals surface area contributed by atoms with E-state index in [1.165, 1.54) is 10.8 Å². The summed E-state index contributed by atoms with van der Waals surface area (Å²) in [6.45, 7) is 1.89. The summed E-state index contributed by atoms with van der Waals surface area (Å²) in [5, 5.41) is 3.36. The maximum atomic E-state index is 12.5. The summed E-state index contributed by atoms with van der Waals surface area (Å²) < 4.78 is 1.84. The fourth-order valence-corrected chi connectivity index (χ4v) is 3.63. The van der Waals surface area contributed by atoms with E-state index >= 15 is 0 Å². The number of rotatable bonds is 2. The molecule has 0 aromatic carbocycles. The Bertz CT molecular complexity index is 525. The van der Waals surface area contributed by atoms with Crippen LogP contribution in [0.1, 0.15) is 24.8 Å². The fourth-order valence-electron chi connectivity index (χ4n) is 3.05. The lowest BCUT2D eigenvalue weighted by atomic mass is 9.99. The Labute approximate surface area is 125 Å². The van der Waals surface area contributed by atoms with Crippen LogP contribution in [0.4, 0.5) is 5.82 Å². The maximum Gasteiger partial charge on any atom is 0.260 e. The zero-order chi connectivity index (χ0) is 13.6. The highest BCUT2D eigenvalue weighted by atomic mass is 79.9. The van der Waals surface area contributed by atoms with Crippen LogP contribution in [0, 0.1) is 12.8 Å². The van der Waals surface area contributed by atoms with Crippen molar-refractivity contribution in [2.45, 2.75) is 38.3 Å². The molecular formula is C13H15BrClN3O. The molecule has 1 aromatic heterocycles. The standard InChI is InChI=1S/C13H15BrClN3O/c1-7-2-5-10(14)17-12(7)18(15)13(19)11-8-3-4-9(6-8)16-11/h2,5,8-9,11,16H,3-4,6H2,1H3/t8-,9?,11-/m0/s1. The number of piperidine rings is 1. The van der Waals surface area contributed by atoms with Crippen molar-refractivity contribution < 1.29 is 4.79 Å². The number of fused-ring (bicyclic) bond motifs is 2. The number of aromatic nitrogens is 1. The lowest BCUT2D eigenvalue weighted by Crippen LogP contribution is -2.47. The van der Waals surface area contributed by atoms with Gasteiger partial charge >= 0.3 is 0 Å². The Hall–Kier alpha value is -0.650. The number of halogens is 2. The normalized spacial score (nSPS) is 28.7. The summed E-state index contributed by atoms with van der Waals surface area (Å²) in [5.74, 6) is 0.833. The second-order valence-corrected chi connectivity index (χ2v) is 6.46. The molecule has 3 rings (SSSR count). The van der Waals surface area contributed by atoms with Gasteiger partial charge in [-0.1, -0.05) is 6.07 Å². The molecule has 6 heteroatoms. The molecule has 2 fully saturated rings. The number of carbonyl (C=O) groups excluding carboxylic acids is 1. The van der Waals surface area contributed by atoms with Crippen LogP contribution in [0.15, 0.2) is 16.7 Å². The molecule has 0 radical (unpaired) electrons. The Kier molecular flexibility index (Phi) is 3.53. The molecule has 3 atom stereocenters. The van der Waals surface area contributed by atoms with E-state index in [-0.39, 0.29) is 11.9 Å². The van der Waals surface area contributed by atoms with Crippen LogP contribution in [0.5, 0.6) is 0 Å². The van der Waals surface area contributed by atoms with Gasteiger partial charge in [0.2, 0.25) is 0 Å². The van der Waals surface area contributed by atoms with Crippen molar-refractivity contribution in [3.8, 4) is 0 Å². The summed E-state index contributed by atoms with van der Waals surface area (Å²) in [7, 11) is 0. The molecule has 1 N–H and O–H groups in total. The van der Waals surface area contributed by atoms with Crippen LogP contribution < -0.4 is 9.74 Å². The maximum absolute atomic E-state index is 12.5. The third-order valence-corrected chi connectivity index (χ3v) is 4.81. The van der Waals surface area contributed by atoms with Crippen molar-refractivity contribution >= 4 is 39.4 Å². The van der Waals surface area contributed by atoms with E-state index in [2.05, 4.69) is 26.2 Å². The first-order valence-corrected chi connectivity index (χ1v) is 7.58. The van der Waals surface area contributed by atoms with Crippen LogP contribution in [0.2, 0.25) is 0 Å². The Morgan fingerprint density at radius 1 is 1.53 bits per heavy atom. The highest BCUT2D eigenvalue weighted by molar-refractivity contribution is 9.10. The van der Waals surface area contributed by atoms with E-state index in [9.17, 15) is 4.79 Å². The predicted molar refractivity (Wildman–Crippen MR) is 78.1 cm³/mol. The third-order valence-electron chi connectivity index (χ3n) is 4.04. The van der Waals surface area contributed by atoms with Gasteiger partial charge in [0, 0.05) is 17.8 Å². The number of nitrogens with one attached hydrogen (secondary N) is 1. The Morgan fingerprint density at radius 3 is 2.95 bits per heavy atom. The van der Waals surface area contributed by atoms with Gasteiger partial charge in [-0.05, 0) is 59.7 Å². The molecule has 2 heterocycles. The Balaban J connectivity index is 1.81. The molecule has 1 aliphatic carbocycles. The lowest BCUT2D eigenvalue weighted by Gasteiger charge is -2.25. The van der Waals surface area contributed by atoms with Crippen LogP contribution in [-0.2, 0) is 4.79 Å². The van der Waals surface area contributed by atoms with Crippen LogP contribution in [0.3, 0.4) is 0 Å². The molecular weight excluding hydrogens is 330 g/mol. The van der Waals surface area contributed by atoms with Gasteiger partial charge in [-0.3, -0.25) is 4.79 Å². The van der Waals surface area contributed by atoms with Gasteiger partial charge in [-0.25, -0.2) is 9.40 Å². The second-order valence-electron chi connectivity index (χ2n) is 5.31. The van der Waals surface area contributed by atoms with Gasteiger partial charge in [0.05, 0.1) is 6.04 Å². The number of carbonyl (C=O) groups is 1. The zero-order valence-electron chi connectivity index (χ0n) is 10.6. The molecule has 4 nitrogen and oxygen atoms in total. The van der Waals surface area contributed by atoms with E-state index in [0.29, 0.717) is 22.4 Å². The van der Waals surface area contributed by atoms with Crippen molar-refractivity contribution in [3.63, 3.8) is 0 Å². The molecule has 102 valence electrons. The first-order valence-electron chi connectivity index (χ1n) is 6.45. The number of pyridine rings is 1. The summed E-state index contributed by atoms with van der Waals surface area (Å²) in [5.41, 5.74) is 0.884. The fraction of sp³-hybridized carbons (Fsp3) is 0.538. The van der Waals surface area contributed by atoms with Gasteiger partial charge in [0.25, 0.3) is 5.91 Å². The van der Waals surface area contributed by atoms with E-state index < -0.39 is 0 Å². The largest absolute Gasteiger partial charge is 0.303 e. The topological polar surface area (TPSA) is 45.2 Å². The van der Waals surface area contributed by atoms with Gasteiger partial charge in [-0.2, -0.15) is 0 Å². The van der Waals surface area contributed by atoms with Gasteiger partial charge in [0.1, 0.15) is 4.60 Å². The van der Waals surface area contributed by atoms with E-state index in [0.717, 1.165) is 18.4 Å². The first kappa shape index (κ1) is 13.3. The molecule has 1 aliphatic heterocycles. The quantitative estimate of drug-likeness (QED) is 0.663. The molecule has 1 aromatic rings. The average Bonchev–Trinajstić information content (AvgIpc) is 3.02. The van der Waals surface area contributed by atoms with Crippen LogP contribution in [-0.4, -0.2) is 23.0 Å². The summed E-state index contributed by atoms with van der Waals surface area (Å²) in [6.07, 6.45) is 3.38. The molecule has 1 saturated carbocycles. The lowest BCUT2D eigenvalue weighted by molar-refractivity contribution is -0.120. The van der Waals surface area contributed by atoms with Crippen LogP contribution in [0.25, 0.3) is 0 Å². The van der Waals surface area contributed by atoms with Crippen molar-refractivity contribution in [1.29, 1.82) is 0 Å². The van der Waals surface area contributed by atoms with Crippen molar-refractivity contribution in [1.82, 2.24) is 10.3 Å². The number of anilines is 1. The smallest absolute Gasteiger partial charge is 0.260 e. The minimum Gasteiger partial charge on any atom is -0.303 e. The number of hydrogen-bond acceptors (Lipinski definition) is 3. The second kappa shape index (κ2) is 5.04. The van der Waals surface area contributed by atoms with Crippen molar-refractivity contribution in [3.05, 3.63) is 22.3 Å². The summed E-state index contributed by atoms with van der Waals surface area (Å²) >= 11 is 9.52. The van der Waals surface area contributed by atoms with Gasteiger partial charge in [-0.15, -0.1) is 0 Å². The predicted octanol–water partition coefficient (Wildman–Crippen LogP) is 2.78. The number of amides is 1. The van der Waals surface area contributed by atoms with Crippen molar-refractivity contribution in [2.75, 3.05) is 4.42 Å². The van der Waals surface area contributed by atoms with E-state index in [1.807, 2.05) is 19.1 Å². The van der Waals surface area contributed by atoms with Crippen molar-refractivity contribution in [2.24, 2.45) is 5.92 Å². The Morgan fingerprint density at radius 2 is 2.32 bits per heavy atom.